The first kappa shape index (κ1) is 13.8. The Balaban J connectivity index is 2.31. The molecule has 1 fully saturated rings. The third kappa shape index (κ3) is 3.02. The molecule has 2 N–H and O–H groups in total. The molecule has 1 saturated heterocycles. The number of likely N-dealkylation sites (N-methyl/N-ethyl adjacent to an activating group) is 1. The Hall–Kier alpha value is -1.67. The Morgan fingerprint density at radius 2 is 2.32 bits per heavy atom. The molecule has 1 amide bonds. The van der Waals surface area contributed by atoms with E-state index in [1.54, 1.807) is 11.9 Å². The number of carbonyl (C=O) groups excluding carboxylic acids is 1. The van der Waals surface area contributed by atoms with Crippen molar-refractivity contribution >= 4 is 23.5 Å². The number of halogens is 1. The summed E-state index contributed by atoms with van der Waals surface area (Å²) < 4.78 is 4.96. The molecule has 19 heavy (non-hydrogen) atoms. The van der Waals surface area contributed by atoms with Gasteiger partial charge >= 0.3 is 6.01 Å². The highest BCUT2D eigenvalue weighted by atomic mass is 35.5. The van der Waals surface area contributed by atoms with Gasteiger partial charge in [-0.2, -0.15) is 15.0 Å². The topological polar surface area (TPSA) is 92.3 Å². The average molecular weight is 287 g/mol. The molecule has 0 saturated carbocycles. The number of carbonyl (C=O) groups is 1. The Kier molecular flexibility index (Phi) is 4.33. The van der Waals surface area contributed by atoms with Crippen molar-refractivity contribution in [2.45, 2.75) is 6.04 Å². The van der Waals surface area contributed by atoms with Gasteiger partial charge in [0.15, 0.2) is 0 Å². The second-order valence-electron chi connectivity index (χ2n) is 3.92. The molecule has 1 unspecified atom stereocenters. The van der Waals surface area contributed by atoms with Crippen LogP contribution in [0.2, 0.25) is 5.28 Å². The smallest absolute Gasteiger partial charge is 0.322 e. The van der Waals surface area contributed by atoms with E-state index in [4.69, 9.17) is 16.3 Å². The van der Waals surface area contributed by atoms with Gasteiger partial charge in [0.25, 0.3) is 0 Å². The van der Waals surface area contributed by atoms with E-state index < -0.39 is 0 Å². The molecule has 9 heteroatoms. The number of aromatic nitrogens is 3. The number of piperazine rings is 1. The fourth-order valence-electron chi connectivity index (χ4n) is 1.89. The molecule has 1 aromatic rings. The average Bonchev–Trinajstić information content (AvgIpc) is 2.45. The zero-order chi connectivity index (χ0) is 13.8. The van der Waals surface area contributed by atoms with Crippen LogP contribution in [0.5, 0.6) is 6.01 Å². The van der Waals surface area contributed by atoms with Crippen molar-refractivity contribution in [3.8, 4) is 6.01 Å². The van der Waals surface area contributed by atoms with Gasteiger partial charge in [-0.05, 0) is 11.6 Å². The van der Waals surface area contributed by atoms with Crippen LogP contribution < -0.4 is 20.3 Å². The van der Waals surface area contributed by atoms with E-state index in [9.17, 15) is 4.79 Å². The van der Waals surface area contributed by atoms with Crippen molar-refractivity contribution in [2.24, 2.45) is 0 Å². The quantitative estimate of drug-likeness (QED) is 0.741. The second-order valence-corrected chi connectivity index (χ2v) is 4.26. The third-order valence-corrected chi connectivity index (χ3v) is 2.98. The van der Waals surface area contributed by atoms with E-state index in [0.717, 1.165) is 6.54 Å². The highest BCUT2D eigenvalue weighted by Gasteiger charge is 2.30. The molecule has 1 atom stereocenters. The Morgan fingerprint density at radius 1 is 1.53 bits per heavy atom. The zero-order valence-electron chi connectivity index (χ0n) is 10.7. The SMILES string of the molecule is CNC(=O)C1CNCCN1c1nc(Cl)nc(OC)n1. The van der Waals surface area contributed by atoms with Gasteiger partial charge in [-0.15, -0.1) is 0 Å². The maximum Gasteiger partial charge on any atom is 0.322 e. The summed E-state index contributed by atoms with van der Waals surface area (Å²) in [5.74, 6) is 0.231. The van der Waals surface area contributed by atoms with E-state index in [2.05, 4.69) is 25.6 Å². The fourth-order valence-corrected chi connectivity index (χ4v) is 2.03. The number of hydrogen-bond acceptors (Lipinski definition) is 7. The van der Waals surface area contributed by atoms with Gasteiger partial charge in [-0.1, -0.05) is 0 Å². The lowest BCUT2D eigenvalue weighted by atomic mass is 10.2. The lowest BCUT2D eigenvalue weighted by Crippen LogP contribution is -2.58. The first-order valence-electron chi connectivity index (χ1n) is 5.80. The number of hydrogen-bond donors (Lipinski definition) is 2. The van der Waals surface area contributed by atoms with Crippen LogP contribution in [0.15, 0.2) is 0 Å². The van der Waals surface area contributed by atoms with Crippen LogP contribution in [0.1, 0.15) is 0 Å². The van der Waals surface area contributed by atoms with E-state index in [0.29, 0.717) is 19.0 Å². The molecule has 0 spiro atoms. The van der Waals surface area contributed by atoms with Gasteiger partial charge in [-0.3, -0.25) is 4.79 Å². The second kappa shape index (κ2) is 5.98. The van der Waals surface area contributed by atoms with Gasteiger partial charge in [0.2, 0.25) is 17.1 Å². The zero-order valence-corrected chi connectivity index (χ0v) is 11.4. The number of amides is 1. The number of nitrogens with one attached hydrogen (secondary N) is 2. The Morgan fingerprint density at radius 3 is 3.00 bits per heavy atom. The van der Waals surface area contributed by atoms with E-state index in [1.165, 1.54) is 7.11 Å². The highest BCUT2D eigenvalue weighted by Crippen LogP contribution is 2.18. The highest BCUT2D eigenvalue weighted by molar-refractivity contribution is 6.28. The van der Waals surface area contributed by atoms with E-state index in [1.807, 2.05) is 0 Å². The van der Waals surface area contributed by atoms with Crippen LogP contribution in [0, 0.1) is 0 Å². The van der Waals surface area contributed by atoms with Crippen LogP contribution >= 0.6 is 11.6 Å². The van der Waals surface area contributed by atoms with Crippen molar-refractivity contribution in [3.63, 3.8) is 0 Å². The van der Waals surface area contributed by atoms with Crippen molar-refractivity contribution in [1.29, 1.82) is 0 Å². The third-order valence-electron chi connectivity index (χ3n) is 2.81. The van der Waals surface area contributed by atoms with Crippen molar-refractivity contribution in [3.05, 3.63) is 5.28 Å². The standard InChI is InChI=1S/C10H15ClN6O2/c1-12-7(18)6-5-13-3-4-17(6)9-14-8(11)15-10(16-9)19-2/h6,13H,3-5H2,1-2H3,(H,12,18). The predicted molar refractivity (Wildman–Crippen MR) is 69.5 cm³/mol. The van der Waals surface area contributed by atoms with Gasteiger partial charge in [0.1, 0.15) is 6.04 Å². The molecular weight excluding hydrogens is 272 g/mol. The maximum absolute atomic E-state index is 11.9. The monoisotopic (exact) mass is 286 g/mol. The number of nitrogens with zero attached hydrogens (tertiary/aromatic N) is 4. The Labute approximate surface area is 115 Å². The maximum atomic E-state index is 11.9. The number of methoxy groups -OCH3 is 1. The van der Waals surface area contributed by atoms with Gasteiger partial charge in [0.05, 0.1) is 7.11 Å². The lowest BCUT2D eigenvalue weighted by Gasteiger charge is -2.34. The summed E-state index contributed by atoms with van der Waals surface area (Å²) in [4.78, 5) is 25.6. The summed E-state index contributed by atoms with van der Waals surface area (Å²) in [6.45, 7) is 1.85. The minimum atomic E-state index is -0.387. The minimum absolute atomic E-state index is 0.0380. The van der Waals surface area contributed by atoms with Crippen molar-refractivity contribution in [1.82, 2.24) is 25.6 Å². The number of anilines is 1. The van der Waals surface area contributed by atoms with E-state index >= 15 is 0 Å². The fraction of sp³-hybridized carbons (Fsp3) is 0.600. The first-order chi connectivity index (χ1) is 9.15. The van der Waals surface area contributed by atoms with Crippen LogP contribution in [0.3, 0.4) is 0 Å². The van der Waals surface area contributed by atoms with Crippen LogP contribution in [0.4, 0.5) is 5.95 Å². The molecule has 8 nitrogen and oxygen atoms in total. The molecule has 0 aliphatic carbocycles. The van der Waals surface area contributed by atoms with Crippen LogP contribution in [0.25, 0.3) is 0 Å². The molecular formula is C10H15ClN6O2. The van der Waals surface area contributed by atoms with Crippen LogP contribution in [-0.2, 0) is 4.79 Å². The van der Waals surface area contributed by atoms with Gasteiger partial charge < -0.3 is 20.3 Å². The number of rotatable bonds is 3. The minimum Gasteiger partial charge on any atom is -0.467 e. The summed E-state index contributed by atoms with van der Waals surface area (Å²) in [5, 5.41) is 5.81. The largest absolute Gasteiger partial charge is 0.467 e. The summed E-state index contributed by atoms with van der Waals surface area (Å²) in [6, 6.07) is -0.258. The van der Waals surface area contributed by atoms with Crippen molar-refractivity contribution < 1.29 is 9.53 Å². The van der Waals surface area contributed by atoms with Crippen molar-refractivity contribution in [2.75, 3.05) is 38.7 Å². The summed E-state index contributed by atoms with van der Waals surface area (Å²) in [6.07, 6.45) is 0. The normalized spacial score (nSPS) is 19.1. The molecule has 104 valence electrons. The number of ether oxygens (including phenoxy) is 1. The molecule has 2 heterocycles. The molecule has 1 aliphatic rings. The summed E-state index contributed by atoms with van der Waals surface area (Å²) >= 11 is 5.82. The molecule has 1 aromatic heterocycles. The predicted octanol–water partition coefficient (Wildman–Crippen LogP) is -0.942. The van der Waals surface area contributed by atoms with Gasteiger partial charge in [0, 0.05) is 26.7 Å². The molecule has 0 bridgehead atoms. The lowest BCUT2D eigenvalue weighted by molar-refractivity contribution is -0.122. The molecule has 0 aromatic carbocycles. The first-order valence-corrected chi connectivity index (χ1v) is 6.18. The van der Waals surface area contributed by atoms with Gasteiger partial charge in [-0.25, -0.2) is 0 Å². The van der Waals surface area contributed by atoms with Crippen LogP contribution in [-0.4, -0.2) is 60.7 Å². The molecule has 2 rings (SSSR count). The van der Waals surface area contributed by atoms with E-state index in [-0.39, 0.29) is 23.2 Å². The Bertz CT molecular complexity index is 471. The summed E-state index contributed by atoms with van der Waals surface area (Å²) in [7, 11) is 3.04. The summed E-state index contributed by atoms with van der Waals surface area (Å²) in [5.41, 5.74) is 0. The molecule has 1 aliphatic heterocycles. The molecule has 0 radical (unpaired) electrons.